The van der Waals surface area contributed by atoms with Crippen molar-refractivity contribution in [3.63, 3.8) is 0 Å². The minimum Gasteiger partial charge on any atom is -0.353 e. The van der Waals surface area contributed by atoms with Gasteiger partial charge in [-0.2, -0.15) is 0 Å². The number of Topliss-reactive ketones (excluding diaryl/α,β-unsaturated/α-hetero) is 1. The van der Waals surface area contributed by atoms with Crippen LogP contribution in [0.2, 0.25) is 0 Å². The first-order valence-corrected chi connectivity index (χ1v) is 10.6. The molecule has 0 bridgehead atoms. The highest BCUT2D eigenvalue weighted by atomic mass is 16.7. The molecule has 0 N–H and O–H groups in total. The van der Waals surface area contributed by atoms with Crippen molar-refractivity contribution in [2.24, 2.45) is 0 Å². The monoisotopic (exact) mass is 360 g/mol. The Morgan fingerprint density at radius 1 is 0.962 bits per heavy atom. The van der Waals surface area contributed by atoms with E-state index in [4.69, 9.17) is 9.47 Å². The summed E-state index contributed by atoms with van der Waals surface area (Å²) in [4.78, 5) is 12.2. The zero-order valence-corrected chi connectivity index (χ0v) is 16.5. The Morgan fingerprint density at radius 2 is 1.65 bits per heavy atom. The summed E-state index contributed by atoms with van der Waals surface area (Å²) in [5.41, 5.74) is 0.801. The van der Waals surface area contributed by atoms with Crippen molar-refractivity contribution < 1.29 is 14.3 Å². The minimum atomic E-state index is -0.0688. The summed E-state index contributed by atoms with van der Waals surface area (Å²) in [6, 6.07) is 9.54. The van der Waals surface area contributed by atoms with Gasteiger partial charge in [-0.3, -0.25) is 4.79 Å². The maximum atomic E-state index is 12.2. The Hall–Kier alpha value is -1.19. The predicted octanol–water partition coefficient (Wildman–Crippen LogP) is 6.31. The van der Waals surface area contributed by atoms with Gasteiger partial charge >= 0.3 is 0 Å². The van der Waals surface area contributed by atoms with Gasteiger partial charge in [-0.15, -0.1) is 0 Å². The van der Waals surface area contributed by atoms with E-state index in [0.717, 1.165) is 31.4 Å². The van der Waals surface area contributed by atoms with E-state index in [1.54, 1.807) is 0 Å². The maximum Gasteiger partial charge on any atom is 0.162 e. The first kappa shape index (κ1) is 21.1. The molecular weight excluding hydrogens is 324 g/mol. The molecule has 0 aromatic heterocycles. The minimum absolute atomic E-state index is 0.0688. The zero-order valence-electron chi connectivity index (χ0n) is 16.5. The number of hydrogen-bond donors (Lipinski definition) is 0. The number of rotatable bonds is 13. The molecule has 0 radical (unpaired) electrons. The van der Waals surface area contributed by atoms with Gasteiger partial charge in [0, 0.05) is 12.0 Å². The van der Waals surface area contributed by atoms with Gasteiger partial charge in [-0.05, 0) is 25.7 Å². The summed E-state index contributed by atoms with van der Waals surface area (Å²) in [5, 5.41) is 0. The Bertz CT molecular complexity index is 485. The highest BCUT2D eigenvalue weighted by molar-refractivity contribution is 5.95. The number of carbonyl (C=O) groups excluding carboxylic acids is 1. The molecule has 146 valence electrons. The molecule has 1 aromatic carbocycles. The number of hydrogen-bond acceptors (Lipinski definition) is 3. The van der Waals surface area contributed by atoms with Crippen LogP contribution in [0.25, 0.3) is 0 Å². The van der Waals surface area contributed by atoms with E-state index in [9.17, 15) is 4.79 Å². The summed E-state index contributed by atoms with van der Waals surface area (Å²) in [7, 11) is 0. The van der Waals surface area contributed by atoms with Gasteiger partial charge in [0.2, 0.25) is 0 Å². The average molecular weight is 361 g/mol. The highest BCUT2D eigenvalue weighted by Gasteiger charge is 2.23. The van der Waals surface area contributed by atoms with Gasteiger partial charge in [-0.25, -0.2) is 0 Å². The number of benzene rings is 1. The van der Waals surface area contributed by atoms with Crippen LogP contribution in [0.3, 0.4) is 0 Å². The van der Waals surface area contributed by atoms with E-state index in [1.807, 2.05) is 30.3 Å². The Labute approximate surface area is 159 Å². The van der Waals surface area contributed by atoms with Gasteiger partial charge in [-0.1, -0.05) is 82.2 Å². The fourth-order valence-corrected chi connectivity index (χ4v) is 3.52. The Balaban J connectivity index is 1.55. The molecule has 0 saturated carbocycles. The third-order valence-electron chi connectivity index (χ3n) is 5.17. The van der Waals surface area contributed by atoms with Crippen LogP contribution in [-0.4, -0.2) is 24.8 Å². The second-order valence-electron chi connectivity index (χ2n) is 7.44. The second-order valence-corrected chi connectivity index (χ2v) is 7.44. The lowest BCUT2D eigenvalue weighted by molar-refractivity contribution is -0.216. The molecule has 3 heteroatoms. The molecule has 2 unspecified atom stereocenters. The van der Waals surface area contributed by atoms with Crippen LogP contribution >= 0.6 is 0 Å². The summed E-state index contributed by atoms with van der Waals surface area (Å²) < 4.78 is 11.8. The fourth-order valence-electron chi connectivity index (χ4n) is 3.52. The van der Waals surface area contributed by atoms with Crippen molar-refractivity contribution in [3.05, 3.63) is 35.9 Å². The molecule has 3 nitrogen and oxygen atoms in total. The van der Waals surface area contributed by atoms with Gasteiger partial charge in [0.25, 0.3) is 0 Å². The second kappa shape index (κ2) is 13.1. The van der Waals surface area contributed by atoms with E-state index in [2.05, 4.69) is 6.92 Å². The van der Waals surface area contributed by atoms with Crippen LogP contribution in [0.1, 0.15) is 94.3 Å². The molecule has 26 heavy (non-hydrogen) atoms. The first-order chi connectivity index (χ1) is 12.8. The molecule has 2 rings (SSSR count). The van der Waals surface area contributed by atoms with Crippen molar-refractivity contribution >= 4 is 5.78 Å². The first-order valence-electron chi connectivity index (χ1n) is 10.6. The molecule has 0 amide bonds. The molecule has 1 heterocycles. The van der Waals surface area contributed by atoms with Crippen molar-refractivity contribution in [1.82, 2.24) is 0 Å². The predicted molar refractivity (Wildman–Crippen MR) is 106 cm³/mol. The SMILES string of the molecule is CCCCCCCCCCC1OCCC(CCC(=O)c2ccccc2)O1. The molecular formula is C23H36O3. The molecule has 1 aliphatic heterocycles. The Kier molecular flexibility index (Phi) is 10.6. The van der Waals surface area contributed by atoms with Crippen molar-refractivity contribution in [2.45, 2.75) is 96.4 Å². The topological polar surface area (TPSA) is 35.5 Å². The number of ether oxygens (including phenoxy) is 2. The normalized spacial score (nSPS) is 20.2. The lowest BCUT2D eigenvalue weighted by Crippen LogP contribution is -2.32. The largest absolute Gasteiger partial charge is 0.353 e. The summed E-state index contributed by atoms with van der Waals surface area (Å²) in [6.45, 7) is 3.01. The van der Waals surface area contributed by atoms with E-state index in [0.29, 0.717) is 6.42 Å². The third kappa shape index (κ3) is 8.46. The van der Waals surface area contributed by atoms with E-state index >= 15 is 0 Å². The lowest BCUT2D eigenvalue weighted by Gasteiger charge is -2.30. The third-order valence-corrected chi connectivity index (χ3v) is 5.17. The molecule has 1 fully saturated rings. The van der Waals surface area contributed by atoms with Gasteiger partial charge < -0.3 is 9.47 Å². The molecule has 1 aliphatic rings. The quantitative estimate of drug-likeness (QED) is 0.305. The molecule has 2 atom stereocenters. The van der Waals surface area contributed by atoms with E-state index in [1.165, 1.54) is 51.4 Å². The van der Waals surface area contributed by atoms with Crippen LogP contribution in [0, 0.1) is 0 Å². The lowest BCUT2D eigenvalue weighted by atomic mass is 10.0. The summed E-state index contributed by atoms with van der Waals surface area (Å²) in [6.07, 6.45) is 13.9. The Morgan fingerprint density at radius 3 is 2.38 bits per heavy atom. The maximum absolute atomic E-state index is 12.2. The summed E-state index contributed by atoms with van der Waals surface area (Å²) in [5.74, 6) is 0.209. The van der Waals surface area contributed by atoms with Gasteiger partial charge in [0.15, 0.2) is 12.1 Å². The van der Waals surface area contributed by atoms with Crippen LogP contribution in [-0.2, 0) is 9.47 Å². The molecule has 1 saturated heterocycles. The number of ketones is 1. The smallest absolute Gasteiger partial charge is 0.162 e. The van der Waals surface area contributed by atoms with Crippen LogP contribution < -0.4 is 0 Å². The van der Waals surface area contributed by atoms with Crippen molar-refractivity contribution in [2.75, 3.05) is 6.61 Å². The molecule has 0 aliphatic carbocycles. The van der Waals surface area contributed by atoms with Gasteiger partial charge in [0.05, 0.1) is 12.7 Å². The van der Waals surface area contributed by atoms with Crippen LogP contribution in [0.15, 0.2) is 30.3 Å². The average Bonchev–Trinajstić information content (AvgIpc) is 2.69. The molecule has 0 spiro atoms. The van der Waals surface area contributed by atoms with E-state index < -0.39 is 0 Å². The number of carbonyl (C=O) groups is 1. The molecule has 1 aromatic rings. The van der Waals surface area contributed by atoms with Crippen molar-refractivity contribution in [3.8, 4) is 0 Å². The standard InChI is InChI=1S/C23H36O3/c1-2-3-4-5-6-7-8-12-15-23-25-19-18-21(26-23)16-17-22(24)20-13-10-9-11-14-20/h9-11,13-14,21,23H,2-8,12,15-19H2,1H3. The zero-order chi connectivity index (χ0) is 18.5. The van der Waals surface area contributed by atoms with Crippen LogP contribution in [0.5, 0.6) is 0 Å². The van der Waals surface area contributed by atoms with Gasteiger partial charge in [0.1, 0.15) is 0 Å². The summed E-state index contributed by atoms with van der Waals surface area (Å²) >= 11 is 0. The number of unbranched alkanes of at least 4 members (excludes halogenated alkanes) is 7. The van der Waals surface area contributed by atoms with E-state index in [-0.39, 0.29) is 18.2 Å². The highest BCUT2D eigenvalue weighted by Crippen LogP contribution is 2.22. The fraction of sp³-hybridized carbons (Fsp3) is 0.696. The van der Waals surface area contributed by atoms with Crippen LogP contribution in [0.4, 0.5) is 0 Å². The van der Waals surface area contributed by atoms with Crippen molar-refractivity contribution in [1.29, 1.82) is 0 Å².